The zero-order valence-corrected chi connectivity index (χ0v) is 45.7. The highest BCUT2D eigenvalue weighted by molar-refractivity contribution is 7.83. The first-order valence-corrected chi connectivity index (χ1v) is 27.3. The Kier molecular flexibility index (Phi) is 24.5. The van der Waals surface area contributed by atoms with E-state index in [4.69, 9.17) is 19.2 Å². The van der Waals surface area contributed by atoms with Gasteiger partial charge in [-0.15, -0.1) is 11.3 Å². The van der Waals surface area contributed by atoms with E-state index in [0.717, 1.165) is 76.3 Å². The van der Waals surface area contributed by atoms with Crippen molar-refractivity contribution in [2.24, 2.45) is 22.2 Å². The number of ether oxygens (including phenoxy) is 3. The molecule has 5 N–H and O–H groups in total. The maximum absolute atomic E-state index is 13.1. The first-order valence-electron chi connectivity index (χ1n) is 25.4. The maximum Gasteiger partial charge on any atom is 0.321 e. The van der Waals surface area contributed by atoms with Crippen LogP contribution in [0.3, 0.4) is 0 Å². The number of urea groups is 1. The van der Waals surface area contributed by atoms with Gasteiger partial charge in [0, 0.05) is 49.3 Å². The van der Waals surface area contributed by atoms with E-state index < -0.39 is 29.0 Å². The third-order valence-corrected chi connectivity index (χ3v) is 14.8. The molecule has 5 unspecified atom stereocenters. The number of carbonyl (C=O) groups excluding carboxylic acids is 2. The molecule has 3 amide bonds. The zero-order chi connectivity index (χ0) is 52.1. The molecule has 16 nitrogen and oxygen atoms in total. The second-order valence-electron chi connectivity index (χ2n) is 19.3. The number of methoxy groups -OCH3 is 2. The standard InChI is InChI=1S/C33H55N5O6S.C18H21N3O2S.C2H6/c1-6-7-8-9-10-14-24(2)30(31(40)41)35-23-44-22-26-16-13-18-38(26)29(39)19-34-32(42)36-28(33(3,4)5)21-37-20-25-15-11-12-17-27(25)45(37)43;1-11(2)19-18-21-16(10-24-18)15-9-17(23-4)12-5-6-14(22-3)8-13(7-12)20-15;1-2/h11-12,15,17,24,26,28,30,35H,6-10,13-14,16,18-23H2,1-5H3,(H,40,41)(H2,34,36,42);5-12H,1-4H3,(H,19,21);1-2H3/t24?,26-,28?,30?,45?;;/m0../s1. The highest BCUT2D eigenvalue weighted by Gasteiger charge is 2.35. The summed E-state index contributed by atoms with van der Waals surface area (Å²) >= 11 is 1.57. The molecule has 0 saturated carbocycles. The summed E-state index contributed by atoms with van der Waals surface area (Å²) in [5.74, 6) is 0.548. The van der Waals surface area contributed by atoms with Gasteiger partial charge < -0.3 is 40.2 Å². The van der Waals surface area contributed by atoms with Gasteiger partial charge in [0.15, 0.2) is 5.13 Å². The fourth-order valence-electron chi connectivity index (χ4n) is 8.47. The third kappa shape index (κ3) is 18.3. The number of carboxylic acid groups (broad SMARTS) is 1. The average molecular weight is 1020 g/mol. The largest absolute Gasteiger partial charge is 0.500 e. The van der Waals surface area contributed by atoms with E-state index >= 15 is 0 Å². The van der Waals surface area contributed by atoms with Gasteiger partial charge in [-0.25, -0.2) is 23.3 Å². The normalized spacial score (nSPS) is 19.7. The average Bonchev–Trinajstić information content (AvgIpc) is 4.02. The number of fused-ring (bicyclic) bond motifs is 2. The van der Waals surface area contributed by atoms with Gasteiger partial charge in [-0.2, -0.15) is 0 Å². The fourth-order valence-corrected chi connectivity index (χ4v) is 10.7. The molecule has 1 aromatic carbocycles. The van der Waals surface area contributed by atoms with Gasteiger partial charge in [-0.05, 0) is 68.2 Å². The quantitative estimate of drug-likeness (QED) is 0.0526. The number of rotatable bonds is 23. The lowest BCUT2D eigenvalue weighted by atomic mass is 9.86. The number of aliphatic imine (C=N–C) groups is 1. The van der Waals surface area contributed by atoms with Crippen LogP contribution in [0, 0.1) is 17.3 Å². The number of allylic oxidation sites excluding steroid dienone is 4. The van der Waals surface area contributed by atoms with Crippen molar-refractivity contribution in [3.8, 4) is 0 Å². The summed E-state index contributed by atoms with van der Waals surface area (Å²) in [6.07, 6.45) is 18.1. The Morgan fingerprint density at radius 3 is 2.45 bits per heavy atom. The first kappa shape index (κ1) is 58.7. The molecule has 0 radical (unpaired) electrons. The number of anilines is 1. The van der Waals surface area contributed by atoms with Gasteiger partial charge in [0.2, 0.25) is 5.91 Å². The van der Waals surface area contributed by atoms with E-state index in [-0.39, 0.29) is 48.5 Å². The number of likely N-dealkylation sites (tertiary alicyclic amines) is 1. The molecule has 2 aromatic rings. The third-order valence-electron chi connectivity index (χ3n) is 12.5. The molecule has 1 fully saturated rings. The number of nitrogens with one attached hydrogen (secondary N) is 4. The van der Waals surface area contributed by atoms with Crippen LogP contribution in [-0.4, -0.2) is 118 Å². The molecule has 1 aromatic heterocycles. The van der Waals surface area contributed by atoms with Crippen LogP contribution in [-0.2, 0) is 41.3 Å². The molecule has 6 rings (SSSR count). The van der Waals surface area contributed by atoms with E-state index in [1.807, 2.05) is 99.8 Å². The van der Waals surface area contributed by atoms with Gasteiger partial charge in [-0.1, -0.05) is 105 Å². The van der Waals surface area contributed by atoms with E-state index in [2.05, 4.69) is 53.1 Å². The summed E-state index contributed by atoms with van der Waals surface area (Å²) in [6, 6.07) is 6.45. The number of amides is 3. The summed E-state index contributed by atoms with van der Waals surface area (Å²) in [4.78, 5) is 49.7. The summed E-state index contributed by atoms with van der Waals surface area (Å²) in [7, 11) is 2.05. The Bertz CT molecular complexity index is 2220. The number of carbonyl (C=O) groups is 3. The van der Waals surface area contributed by atoms with Crippen LogP contribution in [0.4, 0.5) is 9.93 Å². The van der Waals surface area contributed by atoms with E-state index in [1.54, 1.807) is 30.5 Å². The fraction of sp³-hybridized carbons (Fsp3) is 0.604. The lowest BCUT2D eigenvalue weighted by Gasteiger charge is -2.34. The molecule has 1 saturated heterocycles. The SMILES string of the molecule is CC.CCCCCCCC(C)C(NCOC[C@@H]1CCCN1C(=O)CNC(=O)NC(CN1Cc2ccccc2S1=O)C(C)(C)C)C(=O)O.COC1=CC2=CC(C=C1)C(OC)=CC(c1csc(NC(C)C)n1)=N2. The minimum atomic E-state index is -1.28. The zero-order valence-electron chi connectivity index (χ0n) is 44.0. The van der Waals surface area contributed by atoms with Crippen LogP contribution in [0.15, 0.2) is 87.1 Å². The van der Waals surface area contributed by atoms with Crippen molar-refractivity contribution in [1.82, 2.24) is 30.1 Å². The molecule has 4 heterocycles. The molecule has 0 spiro atoms. The van der Waals surface area contributed by atoms with Gasteiger partial charge in [0.1, 0.15) is 34.2 Å². The van der Waals surface area contributed by atoms with E-state index in [0.29, 0.717) is 32.3 Å². The van der Waals surface area contributed by atoms with Crippen molar-refractivity contribution in [3.05, 3.63) is 88.5 Å². The van der Waals surface area contributed by atoms with Crippen LogP contribution in [0.2, 0.25) is 0 Å². The monoisotopic (exact) mass is 1020 g/mol. The highest BCUT2D eigenvalue weighted by Crippen LogP contribution is 2.31. The van der Waals surface area contributed by atoms with Crippen molar-refractivity contribution in [2.45, 2.75) is 149 Å². The molecule has 18 heteroatoms. The minimum Gasteiger partial charge on any atom is -0.500 e. The molecule has 3 aliphatic heterocycles. The summed E-state index contributed by atoms with van der Waals surface area (Å²) in [5, 5.41) is 24.7. The van der Waals surface area contributed by atoms with Gasteiger partial charge >= 0.3 is 12.0 Å². The Morgan fingerprint density at radius 1 is 1.03 bits per heavy atom. The predicted molar refractivity (Wildman–Crippen MR) is 285 cm³/mol. The van der Waals surface area contributed by atoms with Gasteiger partial charge in [0.25, 0.3) is 0 Å². The summed E-state index contributed by atoms with van der Waals surface area (Å²) in [5.41, 5.74) is 3.18. The van der Waals surface area contributed by atoms with Crippen molar-refractivity contribution in [2.75, 3.05) is 52.5 Å². The molecule has 1 aliphatic carbocycles. The maximum atomic E-state index is 13.1. The Hall–Kier alpha value is -4.88. The number of thiazole rings is 1. The second-order valence-corrected chi connectivity index (χ2v) is 21.6. The number of benzene rings is 1. The molecule has 6 atom stereocenters. The number of hydrogen-bond acceptors (Lipinski definition) is 12. The minimum absolute atomic E-state index is 0.0128. The van der Waals surface area contributed by atoms with E-state index in [9.17, 15) is 23.7 Å². The molecular formula is C53H82N8O8S2. The summed E-state index contributed by atoms with van der Waals surface area (Å²) < 4.78 is 31.6. The van der Waals surface area contributed by atoms with Crippen LogP contribution in [0.25, 0.3) is 0 Å². The van der Waals surface area contributed by atoms with Crippen molar-refractivity contribution >= 4 is 51.1 Å². The molecule has 4 aliphatic rings. The van der Waals surface area contributed by atoms with Crippen molar-refractivity contribution in [1.29, 1.82) is 0 Å². The topological polar surface area (TPSA) is 196 Å². The Balaban J connectivity index is 0.000000352. The number of nitrogens with zero attached hydrogens (tertiary/aromatic N) is 4. The lowest BCUT2D eigenvalue weighted by molar-refractivity contribution is -0.141. The first-order chi connectivity index (χ1) is 34.0. The number of aromatic nitrogens is 1. The highest BCUT2D eigenvalue weighted by atomic mass is 32.2. The summed E-state index contributed by atoms with van der Waals surface area (Å²) in [6.45, 7) is 20.2. The second kappa shape index (κ2) is 29.6. The van der Waals surface area contributed by atoms with Crippen LogP contribution >= 0.6 is 11.3 Å². The molecule has 394 valence electrons. The smallest absolute Gasteiger partial charge is 0.321 e. The number of unbranched alkanes of at least 4 members (excludes halogenated alkanes) is 4. The molecule has 71 heavy (non-hydrogen) atoms. The number of carboxylic acids is 1. The Morgan fingerprint density at radius 2 is 1.77 bits per heavy atom. The van der Waals surface area contributed by atoms with Gasteiger partial charge in [0.05, 0.1) is 62.4 Å². The predicted octanol–water partition coefficient (Wildman–Crippen LogP) is 9.17. The molecule has 2 bridgehead atoms. The number of aliphatic carboxylic acids is 1. The van der Waals surface area contributed by atoms with Crippen LogP contribution in [0.1, 0.15) is 125 Å². The Labute approximate surface area is 429 Å². The van der Waals surface area contributed by atoms with E-state index in [1.165, 1.54) is 19.3 Å². The van der Waals surface area contributed by atoms with Crippen LogP contribution < -0.4 is 21.3 Å². The van der Waals surface area contributed by atoms with Crippen molar-refractivity contribution < 1.29 is 37.9 Å². The van der Waals surface area contributed by atoms with Crippen molar-refractivity contribution in [3.63, 3.8) is 0 Å². The van der Waals surface area contributed by atoms with Gasteiger partial charge in [-0.3, -0.25) is 14.9 Å². The molecular weight excluding hydrogens is 941 g/mol. The number of hydrogen-bond donors (Lipinski definition) is 5. The van der Waals surface area contributed by atoms with Crippen LogP contribution in [0.5, 0.6) is 0 Å². The lowest BCUT2D eigenvalue weighted by Crippen LogP contribution is -2.54.